The van der Waals surface area contributed by atoms with Gasteiger partial charge in [0.1, 0.15) is 0 Å². The largest absolute Gasteiger partial charge is 0.379 e. The molecule has 0 saturated carbocycles. The Balaban J connectivity index is 1.52. The van der Waals surface area contributed by atoms with Crippen molar-refractivity contribution in [2.75, 3.05) is 39.4 Å². The van der Waals surface area contributed by atoms with E-state index < -0.39 is 0 Å². The number of ether oxygens (including phenoxy) is 1. The van der Waals surface area contributed by atoms with Crippen LogP contribution in [0.4, 0.5) is 0 Å². The molecule has 0 unspecified atom stereocenters. The molecule has 1 saturated heterocycles. The summed E-state index contributed by atoms with van der Waals surface area (Å²) in [5, 5.41) is 4.02. The Morgan fingerprint density at radius 1 is 1.17 bits per heavy atom. The van der Waals surface area contributed by atoms with Crippen molar-refractivity contribution in [3.63, 3.8) is 0 Å². The SMILES string of the molecule is Cc1ccc2nc(-c3ccc(C)s3)cc(C(=O)NCCCN3CCOCC3)c2c1. The van der Waals surface area contributed by atoms with Crippen LogP contribution < -0.4 is 5.32 Å². The maximum Gasteiger partial charge on any atom is 0.252 e. The number of aryl methyl sites for hydroxylation is 2. The molecule has 1 N–H and O–H groups in total. The van der Waals surface area contributed by atoms with Gasteiger partial charge in [0, 0.05) is 29.9 Å². The quantitative estimate of drug-likeness (QED) is 0.625. The first-order valence-corrected chi connectivity index (χ1v) is 11.0. The number of carbonyl (C=O) groups is 1. The molecule has 0 bridgehead atoms. The van der Waals surface area contributed by atoms with E-state index in [4.69, 9.17) is 9.72 Å². The van der Waals surface area contributed by atoms with Crippen molar-refractivity contribution >= 4 is 28.1 Å². The van der Waals surface area contributed by atoms with Gasteiger partial charge in [-0.25, -0.2) is 4.98 Å². The number of nitrogens with zero attached hydrogens (tertiary/aromatic N) is 2. The zero-order valence-corrected chi connectivity index (χ0v) is 17.8. The lowest BCUT2D eigenvalue weighted by molar-refractivity contribution is 0.0374. The molecule has 29 heavy (non-hydrogen) atoms. The van der Waals surface area contributed by atoms with Crippen molar-refractivity contribution in [2.24, 2.45) is 0 Å². The maximum atomic E-state index is 13.0. The highest BCUT2D eigenvalue weighted by Gasteiger charge is 2.15. The fourth-order valence-electron chi connectivity index (χ4n) is 3.65. The summed E-state index contributed by atoms with van der Waals surface area (Å²) in [6, 6.07) is 12.2. The van der Waals surface area contributed by atoms with E-state index in [0.717, 1.165) is 66.3 Å². The van der Waals surface area contributed by atoms with Crippen LogP contribution in [-0.4, -0.2) is 55.2 Å². The number of morpholine rings is 1. The predicted molar refractivity (Wildman–Crippen MR) is 119 cm³/mol. The molecule has 1 aromatic carbocycles. The molecule has 3 aromatic rings. The predicted octanol–water partition coefficient (Wildman–Crippen LogP) is 4.03. The molecule has 1 aliphatic rings. The number of fused-ring (bicyclic) bond motifs is 1. The lowest BCUT2D eigenvalue weighted by atomic mass is 10.0. The summed E-state index contributed by atoms with van der Waals surface area (Å²) >= 11 is 1.70. The lowest BCUT2D eigenvalue weighted by Gasteiger charge is -2.26. The number of hydrogen-bond acceptors (Lipinski definition) is 5. The Morgan fingerprint density at radius 2 is 2.00 bits per heavy atom. The Morgan fingerprint density at radius 3 is 2.76 bits per heavy atom. The first kappa shape index (κ1) is 20.0. The first-order valence-electron chi connectivity index (χ1n) is 10.2. The van der Waals surface area contributed by atoms with Crippen LogP contribution >= 0.6 is 11.3 Å². The molecular weight excluding hydrogens is 382 g/mol. The summed E-state index contributed by atoms with van der Waals surface area (Å²) in [4.78, 5) is 22.6. The number of aromatic nitrogens is 1. The van der Waals surface area contributed by atoms with Crippen molar-refractivity contribution < 1.29 is 9.53 Å². The minimum atomic E-state index is -0.0282. The molecule has 3 heterocycles. The van der Waals surface area contributed by atoms with Gasteiger partial charge in [0.2, 0.25) is 0 Å². The summed E-state index contributed by atoms with van der Waals surface area (Å²) in [5.41, 5.74) is 3.54. The van der Waals surface area contributed by atoms with Gasteiger partial charge < -0.3 is 10.1 Å². The van der Waals surface area contributed by atoms with Crippen LogP contribution in [0.3, 0.4) is 0 Å². The van der Waals surface area contributed by atoms with E-state index in [1.165, 1.54) is 4.88 Å². The van der Waals surface area contributed by atoms with Crippen LogP contribution in [0.1, 0.15) is 27.2 Å². The molecular formula is C23H27N3O2S. The minimum absolute atomic E-state index is 0.0282. The van der Waals surface area contributed by atoms with Gasteiger partial charge in [-0.05, 0) is 57.1 Å². The molecule has 6 heteroatoms. The standard InChI is InChI=1S/C23H27N3O2S/c1-16-4-6-20-18(14-16)19(15-21(25-20)22-7-5-17(2)29-22)23(27)24-8-3-9-26-10-12-28-13-11-26/h4-7,14-15H,3,8-13H2,1-2H3,(H,24,27). The molecule has 5 nitrogen and oxygen atoms in total. The molecule has 4 rings (SSSR count). The van der Waals surface area contributed by atoms with E-state index in [2.05, 4.69) is 35.3 Å². The van der Waals surface area contributed by atoms with E-state index in [0.29, 0.717) is 12.1 Å². The number of nitrogens with one attached hydrogen (secondary N) is 1. The van der Waals surface area contributed by atoms with Gasteiger partial charge in [-0.3, -0.25) is 9.69 Å². The topological polar surface area (TPSA) is 54.5 Å². The summed E-state index contributed by atoms with van der Waals surface area (Å²) in [5.74, 6) is -0.0282. The van der Waals surface area contributed by atoms with Gasteiger partial charge in [-0.1, -0.05) is 11.6 Å². The third-order valence-corrected chi connectivity index (χ3v) is 6.27. The summed E-state index contributed by atoms with van der Waals surface area (Å²) in [6.45, 7) is 9.34. The highest BCUT2D eigenvalue weighted by atomic mass is 32.1. The van der Waals surface area contributed by atoms with Gasteiger partial charge in [-0.2, -0.15) is 0 Å². The van der Waals surface area contributed by atoms with Crippen LogP contribution in [0.15, 0.2) is 36.4 Å². The fourth-order valence-corrected chi connectivity index (χ4v) is 4.48. The van der Waals surface area contributed by atoms with E-state index >= 15 is 0 Å². The zero-order valence-electron chi connectivity index (χ0n) is 17.0. The highest BCUT2D eigenvalue weighted by Crippen LogP contribution is 2.30. The van der Waals surface area contributed by atoms with Crippen LogP contribution in [0.5, 0.6) is 0 Å². The highest BCUT2D eigenvalue weighted by molar-refractivity contribution is 7.15. The van der Waals surface area contributed by atoms with Crippen LogP contribution in [0, 0.1) is 13.8 Å². The van der Waals surface area contributed by atoms with Crippen LogP contribution in [0.2, 0.25) is 0 Å². The van der Waals surface area contributed by atoms with Crippen LogP contribution in [0.25, 0.3) is 21.5 Å². The number of pyridine rings is 1. The first-order chi connectivity index (χ1) is 14.1. The molecule has 0 aliphatic carbocycles. The molecule has 0 radical (unpaired) electrons. The number of thiophene rings is 1. The van der Waals surface area contributed by atoms with Gasteiger partial charge >= 0.3 is 0 Å². The van der Waals surface area contributed by atoms with E-state index in [9.17, 15) is 4.79 Å². The molecule has 1 fully saturated rings. The van der Waals surface area contributed by atoms with Crippen LogP contribution in [-0.2, 0) is 4.74 Å². The van der Waals surface area contributed by atoms with Gasteiger partial charge in [0.15, 0.2) is 0 Å². The van der Waals surface area contributed by atoms with Gasteiger partial charge in [0.05, 0.1) is 34.9 Å². The maximum absolute atomic E-state index is 13.0. The summed E-state index contributed by atoms with van der Waals surface area (Å²) < 4.78 is 5.39. The molecule has 0 atom stereocenters. The normalized spacial score (nSPS) is 15.0. The average Bonchev–Trinajstić information content (AvgIpc) is 3.17. The third-order valence-electron chi connectivity index (χ3n) is 5.24. The Hall–Kier alpha value is -2.28. The Kier molecular flexibility index (Phi) is 6.23. The van der Waals surface area contributed by atoms with Gasteiger partial charge in [0.25, 0.3) is 5.91 Å². The monoisotopic (exact) mass is 409 g/mol. The molecule has 0 spiro atoms. The molecule has 2 aromatic heterocycles. The minimum Gasteiger partial charge on any atom is -0.379 e. The lowest BCUT2D eigenvalue weighted by Crippen LogP contribution is -2.38. The second-order valence-corrected chi connectivity index (χ2v) is 8.84. The van der Waals surface area contributed by atoms with Crippen molar-refractivity contribution in [1.82, 2.24) is 15.2 Å². The van der Waals surface area contributed by atoms with Gasteiger partial charge in [-0.15, -0.1) is 11.3 Å². The second kappa shape index (κ2) is 9.03. The van der Waals surface area contributed by atoms with Crippen molar-refractivity contribution in [1.29, 1.82) is 0 Å². The smallest absolute Gasteiger partial charge is 0.252 e. The van der Waals surface area contributed by atoms with E-state index in [-0.39, 0.29) is 5.91 Å². The Labute approximate surface area is 175 Å². The second-order valence-electron chi connectivity index (χ2n) is 7.55. The Bertz CT molecular complexity index is 1010. The fraction of sp³-hybridized carbons (Fsp3) is 0.391. The molecule has 1 aliphatic heterocycles. The average molecular weight is 410 g/mol. The zero-order chi connectivity index (χ0) is 20.2. The summed E-state index contributed by atoms with van der Waals surface area (Å²) in [7, 11) is 0. The number of amides is 1. The summed E-state index contributed by atoms with van der Waals surface area (Å²) in [6.07, 6.45) is 0.935. The third kappa shape index (κ3) is 4.83. The molecule has 152 valence electrons. The van der Waals surface area contributed by atoms with E-state index in [1.807, 2.05) is 25.1 Å². The number of hydrogen-bond donors (Lipinski definition) is 1. The van der Waals surface area contributed by atoms with Crippen molar-refractivity contribution in [3.8, 4) is 10.6 Å². The number of benzene rings is 1. The van der Waals surface area contributed by atoms with Crippen molar-refractivity contribution in [3.05, 3.63) is 52.4 Å². The number of carbonyl (C=O) groups excluding carboxylic acids is 1. The van der Waals surface area contributed by atoms with Crippen molar-refractivity contribution in [2.45, 2.75) is 20.3 Å². The molecule has 1 amide bonds. The number of rotatable bonds is 6. The van der Waals surface area contributed by atoms with E-state index in [1.54, 1.807) is 11.3 Å².